The van der Waals surface area contributed by atoms with Crippen molar-refractivity contribution in [1.82, 2.24) is 5.43 Å². The van der Waals surface area contributed by atoms with E-state index in [4.69, 9.17) is 5.84 Å². The lowest BCUT2D eigenvalue weighted by atomic mass is 9.94. The van der Waals surface area contributed by atoms with Crippen molar-refractivity contribution in [3.63, 3.8) is 0 Å². The zero-order valence-corrected chi connectivity index (χ0v) is 8.68. The van der Waals surface area contributed by atoms with E-state index < -0.39 is 0 Å². The molecule has 76 valence electrons. The third-order valence-corrected chi connectivity index (χ3v) is 2.88. The Kier molecular flexibility index (Phi) is 5.09. The maximum Gasteiger partial charge on any atom is 0.0417 e. The van der Waals surface area contributed by atoms with E-state index in [1.165, 1.54) is 44.1 Å². The van der Waals surface area contributed by atoms with E-state index in [1.807, 2.05) is 0 Å². The second-order valence-corrected chi connectivity index (χ2v) is 3.86. The first kappa shape index (κ1) is 10.7. The maximum atomic E-state index is 5.51. The summed E-state index contributed by atoms with van der Waals surface area (Å²) in [6.07, 6.45) is 11.5. The van der Waals surface area contributed by atoms with Crippen molar-refractivity contribution >= 4 is 0 Å². The van der Waals surface area contributed by atoms with Crippen LogP contribution in [0.4, 0.5) is 0 Å². The van der Waals surface area contributed by atoms with Gasteiger partial charge in [0.2, 0.25) is 0 Å². The van der Waals surface area contributed by atoms with Crippen LogP contribution < -0.4 is 11.3 Å². The van der Waals surface area contributed by atoms with Gasteiger partial charge in [0, 0.05) is 6.04 Å². The van der Waals surface area contributed by atoms with Crippen LogP contribution in [0.15, 0.2) is 11.6 Å². The second kappa shape index (κ2) is 6.17. The van der Waals surface area contributed by atoms with Gasteiger partial charge in [0.25, 0.3) is 0 Å². The molecule has 0 heterocycles. The van der Waals surface area contributed by atoms with Crippen LogP contribution in [-0.4, -0.2) is 6.04 Å². The first-order chi connectivity index (χ1) is 6.38. The van der Waals surface area contributed by atoms with Gasteiger partial charge in [-0.2, -0.15) is 0 Å². The van der Waals surface area contributed by atoms with Crippen molar-refractivity contribution in [2.75, 3.05) is 0 Å². The minimum atomic E-state index is 0.415. The topological polar surface area (TPSA) is 38.0 Å². The molecule has 1 unspecified atom stereocenters. The molecule has 0 aromatic heterocycles. The van der Waals surface area contributed by atoms with Crippen molar-refractivity contribution < 1.29 is 0 Å². The van der Waals surface area contributed by atoms with Crippen LogP contribution >= 0.6 is 0 Å². The smallest absolute Gasteiger partial charge is 0.0417 e. The normalized spacial score (nSPS) is 21.5. The monoisotopic (exact) mass is 182 g/mol. The Balaban J connectivity index is 2.51. The van der Waals surface area contributed by atoms with Crippen LogP contribution in [0.2, 0.25) is 0 Å². The molecule has 3 N–H and O–H groups in total. The quantitative estimate of drug-likeness (QED) is 0.400. The van der Waals surface area contributed by atoms with Gasteiger partial charge in [0.1, 0.15) is 0 Å². The fourth-order valence-electron chi connectivity index (χ4n) is 2.02. The van der Waals surface area contributed by atoms with Gasteiger partial charge in [-0.25, -0.2) is 0 Å². The summed E-state index contributed by atoms with van der Waals surface area (Å²) in [5.41, 5.74) is 4.43. The summed E-state index contributed by atoms with van der Waals surface area (Å²) in [6.45, 7) is 2.18. The van der Waals surface area contributed by atoms with Crippen molar-refractivity contribution in [2.24, 2.45) is 5.84 Å². The van der Waals surface area contributed by atoms with Gasteiger partial charge in [-0.05, 0) is 32.1 Å². The summed E-state index contributed by atoms with van der Waals surface area (Å²) in [4.78, 5) is 0. The largest absolute Gasteiger partial charge is 0.271 e. The van der Waals surface area contributed by atoms with E-state index in [0.717, 1.165) is 6.42 Å². The maximum absolute atomic E-state index is 5.51. The molecule has 0 amide bonds. The van der Waals surface area contributed by atoms with Gasteiger partial charge in [-0.1, -0.05) is 31.4 Å². The van der Waals surface area contributed by atoms with Crippen molar-refractivity contribution in [2.45, 2.75) is 57.9 Å². The molecule has 0 aromatic rings. The van der Waals surface area contributed by atoms with E-state index in [0.29, 0.717) is 6.04 Å². The van der Waals surface area contributed by atoms with E-state index in [9.17, 15) is 0 Å². The molecule has 1 rings (SSSR count). The van der Waals surface area contributed by atoms with Gasteiger partial charge in [-0.15, -0.1) is 0 Å². The van der Waals surface area contributed by atoms with Gasteiger partial charge in [0.05, 0.1) is 0 Å². The number of hydrogen-bond donors (Lipinski definition) is 2. The van der Waals surface area contributed by atoms with Crippen molar-refractivity contribution in [3.8, 4) is 0 Å². The molecule has 1 aliphatic carbocycles. The Morgan fingerprint density at radius 2 is 2.15 bits per heavy atom. The number of rotatable bonds is 3. The fraction of sp³-hybridized carbons (Fsp3) is 0.818. The molecule has 2 nitrogen and oxygen atoms in total. The molecule has 0 saturated carbocycles. The van der Waals surface area contributed by atoms with E-state index in [2.05, 4.69) is 18.4 Å². The summed E-state index contributed by atoms with van der Waals surface area (Å²) >= 11 is 0. The van der Waals surface area contributed by atoms with Crippen LogP contribution in [-0.2, 0) is 0 Å². The molecule has 0 aromatic carbocycles. The lowest BCUT2D eigenvalue weighted by molar-refractivity contribution is 0.529. The highest BCUT2D eigenvalue weighted by Crippen LogP contribution is 2.20. The molecule has 0 aliphatic heterocycles. The Bertz CT molecular complexity index is 159. The fourth-order valence-corrected chi connectivity index (χ4v) is 2.02. The number of nitrogens with two attached hydrogens (primary N) is 1. The van der Waals surface area contributed by atoms with Gasteiger partial charge >= 0.3 is 0 Å². The number of hydrogen-bond acceptors (Lipinski definition) is 2. The second-order valence-electron chi connectivity index (χ2n) is 3.86. The van der Waals surface area contributed by atoms with Crippen molar-refractivity contribution in [1.29, 1.82) is 0 Å². The van der Waals surface area contributed by atoms with Gasteiger partial charge in [-0.3, -0.25) is 11.3 Å². The lowest BCUT2D eigenvalue weighted by Gasteiger charge is -2.19. The zero-order chi connectivity index (χ0) is 9.52. The third-order valence-electron chi connectivity index (χ3n) is 2.88. The molecule has 13 heavy (non-hydrogen) atoms. The van der Waals surface area contributed by atoms with Crippen LogP contribution in [0.3, 0.4) is 0 Å². The summed E-state index contributed by atoms with van der Waals surface area (Å²) < 4.78 is 0. The van der Waals surface area contributed by atoms with Gasteiger partial charge < -0.3 is 0 Å². The molecule has 0 bridgehead atoms. The minimum Gasteiger partial charge on any atom is -0.271 e. The standard InChI is InChI=1S/C11H22N2/c1-2-11(13-12)10-8-6-4-3-5-7-9-10/h8,11,13H,2-7,9,12H2,1H3. The van der Waals surface area contributed by atoms with E-state index in [-0.39, 0.29) is 0 Å². The lowest BCUT2D eigenvalue weighted by Crippen LogP contribution is -2.36. The SMILES string of the molecule is CCC(NN)C1=CCCCCCC1. The average Bonchev–Trinajstić information content (AvgIpc) is 2.09. The highest BCUT2D eigenvalue weighted by Gasteiger charge is 2.10. The molecule has 0 radical (unpaired) electrons. The molecule has 2 heteroatoms. The first-order valence-corrected chi connectivity index (χ1v) is 5.53. The molecule has 0 saturated heterocycles. The molecular weight excluding hydrogens is 160 g/mol. The summed E-state index contributed by atoms with van der Waals surface area (Å²) in [5, 5.41) is 0. The zero-order valence-electron chi connectivity index (χ0n) is 8.68. The average molecular weight is 182 g/mol. The van der Waals surface area contributed by atoms with Crippen LogP contribution in [0.5, 0.6) is 0 Å². The minimum absolute atomic E-state index is 0.415. The third kappa shape index (κ3) is 3.49. The number of hydrazine groups is 1. The summed E-state index contributed by atoms with van der Waals surface area (Å²) in [5.74, 6) is 5.51. The van der Waals surface area contributed by atoms with Crippen LogP contribution in [0, 0.1) is 0 Å². The Labute approximate surface area is 81.6 Å². The molecule has 0 fully saturated rings. The van der Waals surface area contributed by atoms with Gasteiger partial charge in [0.15, 0.2) is 0 Å². The molecule has 0 spiro atoms. The predicted molar refractivity (Wildman–Crippen MR) is 57.2 cm³/mol. The number of allylic oxidation sites excluding steroid dienone is 1. The van der Waals surface area contributed by atoms with Crippen LogP contribution in [0.25, 0.3) is 0 Å². The number of nitrogens with one attached hydrogen (secondary N) is 1. The Morgan fingerprint density at radius 3 is 2.85 bits per heavy atom. The molecule has 1 atom stereocenters. The summed E-state index contributed by atoms with van der Waals surface area (Å²) in [6, 6.07) is 0.415. The Hall–Kier alpha value is -0.340. The highest BCUT2D eigenvalue weighted by atomic mass is 15.2. The highest BCUT2D eigenvalue weighted by molar-refractivity contribution is 5.10. The molecular formula is C11H22N2. The van der Waals surface area contributed by atoms with Crippen LogP contribution in [0.1, 0.15) is 51.9 Å². The molecule has 1 aliphatic rings. The van der Waals surface area contributed by atoms with E-state index in [1.54, 1.807) is 0 Å². The first-order valence-electron chi connectivity index (χ1n) is 5.53. The predicted octanol–water partition coefficient (Wildman–Crippen LogP) is 2.51. The summed E-state index contributed by atoms with van der Waals surface area (Å²) in [7, 11) is 0. The van der Waals surface area contributed by atoms with E-state index >= 15 is 0 Å². The van der Waals surface area contributed by atoms with Crippen molar-refractivity contribution in [3.05, 3.63) is 11.6 Å². The Morgan fingerprint density at radius 1 is 1.38 bits per heavy atom.